The second-order valence-electron chi connectivity index (χ2n) is 7.80. The molecule has 0 amide bonds. The molecule has 4 nitrogen and oxygen atoms in total. The maximum Gasteiger partial charge on any atom is 0.0862 e. The zero-order chi connectivity index (χ0) is 20.5. The Morgan fingerprint density at radius 3 is 2.27 bits per heavy atom. The molecular formula is C26H24N4. The maximum absolute atomic E-state index is 5.05. The quantitative estimate of drug-likeness (QED) is 0.437. The number of hydrogen-bond acceptors (Lipinski definition) is 3. The molecule has 4 heteroatoms. The Balaban J connectivity index is 1.54. The van der Waals surface area contributed by atoms with Crippen molar-refractivity contribution in [2.75, 3.05) is 5.01 Å². The summed E-state index contributed by atoms with van der Waals surface area (Å²) in [5.74, 6) is 0. The second kappa shape index (κ2) is 7.64. The summed E-state index contributed by atoms with van der Waals surface area (Å²) in [5, 5.41) is 11.8. The van der Waals surface area contributed by atoms with Crippen molar-refractivity contribution in [2.24, 2.45) is 5.10 Å². The van der Waals surface area contributed by atoms with Crippen LogP contribution in [0.1, 0.15) is 34.7 Å². The van der Waals surface area contributed by atoms with Gasteiger partial charge in [-0.1, -0.05) is 54.6 Å². The van der Waals surface area contributed by atoms with Crippen LogP contribution in [0.3, 0.4) is 0 Å². The lowest BCUT2D eigenvalue weighted by Crippen LogP contribution is -2.18. The van der Waals surface area contributed by atoms with E-state index in [0.717, 1.165) is 29.1 Å². The molecule has 1 unspecified atom stereocenters. The minimum atomic E-state index is 0.111. The minimum Gasteiger partial charge on any atom is -0.257 e. The minimum absolute atomic E-state index is 0.111. The van der Waals surface area contributed by atoms with Crippen molar-refractivity contribution in [1.82, 2.24) is 9.78 Å². The van der Waals surface area contributed by atoms with Gasteiger partial charge in [-0.25, -0.2) is 4.68 Å². The van der Waals surface area contributed by atoms with Gasteiger partial charge in [-0.15, -0.1) is 0 Å². The second-order valence-corrected chi connectivity index (χ2v) is 7.80. The largest absolute Gasteiger partial charge is 0.257 e. The molecule has 148 valence electrons. The molecule has 0 spiro atoms. The number of hydrogen-bond donors (Lipinski definition) is 0. The standard InChI is InChI=1S/C26H24N4/c1-19-13-14-24(15-20(19)2)30-26(16-25(28-30)21-9-5-3-6-10-21)22-17-27-29(18-22)23-11-7-4-8-12-23/h3-15,17-18,26H,16H2,1-2H3. The van der Waals surface area contributed by atoms with Crippen LogP contribution in [0.15, 0.2) is 96.4 Å². The molecule has 0 radical (unpaired) electrons. The van der Waals surface area contributed by atoms with Crippen LogP contribution in [0.2, 0.25) is 0 Å². The number of para-hydroxylation sites is 1. The Morgan fingerprint density at radius 2 is 1.53 bits per heavy atom. The van der Waals surface area contributed by atoms with Crippen molar-refractivity contribution in [2.45, 2.75) is 26.3 Å². The first-order chi connectivity index (χ1) is 14.7. The van der Waals surface area contributed by atoms with Crippen LogP contribution in [-0.4, -0.2) is 15.5 Å². The summed E-state index contributed by atoms with van der Waals surface area (Å²) in [6.45, 7) is 4.29. The number of aromatic nitrogens is 2. The van der Waals surface area contributed by atoms with Crippen molar-refractivity contribution in [3.05, 3.63) is 114 Å². The van der Waals surface area contributed by atoms with Crippen molar-refractivity contribution in [1.29, 1.82) is 0 Å². The number of benzene rings is 3. The zero-order valence-electron chi connectivity index (χ0n) is 17.2. The van der Waals surface area contributed by atoms with Crippen molar-refractivity contribution >= 4 is 11.4 Å². The first-order valence-corrected chi connectivity index (χ1v) is 10.3. The van der Waals surface area contributed by atoms with Crippen molar-refractivity contribution < 1.29 is 0 Å². The van der Waals surface area contributed by atoms with Crippen molar-refractivity contribution in [3.8, 4) is 5.69 Å². The first kappa shape index (κ1) is 18.4. The highest BCUT2D eigenvalue weighted by Gasteiger charge is 2.31. The van der Waals surface area contributed by atoms with E-state index in [1.54, 1.807) is 0 Å². The summed E-state index contributed by atoms with van der Waals surface area (Å²) in [5.41, 5.74) is 8.17. The van der Waals surface area contributed by atoms with Gasteiger partial charge in [-0.3, -0.25) is 5.01 Å². The van der Waals surface area contributed by atoms with E-state index in [4.69, 9.17) is 5.10 Å². The molecule has 1 atom stereocenters. The Hall–Kier alpha value is -3.66. The van der Waals surface area contributed by atoms with E-state index in [1.807, 2.05) is 35.1 Å². The van der Waals surface area contributed by atoms with Crippen LogP contribution in [0.25, 0.3) is 5.69 Å². The number of nitrogens with zero attached hydrogens (tertiary/aromatic N) is 4. The van der Waals surface area contributed by atoms with Gasteiger partial charge in [0.05, 0.1) is 29.3 Å². The molecule has 3 aromatic carbocycles. The van der Waals surface area contributed by atoms with E-state index in [2.05, 4.69) is 84.7 Å². The number of anilines is 1. The topological polar surface area (TPSA) is 33.4 Å². The van der Waals surface area contributed by atoms with E-state index in [9.17, 15) is 0 Å². The van der Waals surface area contributed by atoms with Gasteiger partial charge in [0.1, 0.15) is 0 Å². The highest BCUT2D eigenvalue weighted by Crippen LogP contribution is 2.37. The van der Waals surface area contributed by atoms with Gasteiger partial charge in [0, 0.05) is 18.2 Å². The van der Waals surface area contributed by atoms with Crippen LogP contribution in [-0.2, 0) is 0 Å². The third-order valence-electron chi connectivity index (χ3n) is 5.78. The molecule has 0 aliphatic carbocycles. The van der Waals surface area contributed by atoms with E-state index < -0.39 is 0 Å². The average Bonchev–Trinajstić information content (AvgIpc) is 3.44. The van der Waals surface area contributed by atoms with Gasteiger partial charge in [0.2, 0.25) is 0 Å². The van der Waals surface area contributed by atoms with Gasteiger partial charge in [0.25, 0.3) is 0 Å². The smallest absolute Gasteiger partial charge is 0.0862 e. The molecule has 5 rings (SSSR count). The number of aryl methyl sites for hydroxylation is 2. The Morgan fingerprint density at radius 1 is 0.800 bits per heavy atom. The SMILES string of the molecule is Cc1ccc(N2N=C(c3ccccc3)CC2c2cnn(-c3ccccc3)c2)cc1C. The molecule has 1 aliphatic heterocycles. The zero-order valence-corrected chi connectivity index (χ0v) is 17.2. The van der Waals surface area contributed by atoms with Gasteiger partial charge in [0.15, 0.2) is 0 Å². The van der Waals surface area contributed by atoms with Gasteiger partial charge in [-0.05, 0) is 54.8 Å². The predicted molar refractivity (Wildman–Crippen MR) is 122 cm³/mol. The monoisotopic (exact) mass is 392 g/mol. The van der Waals surface area contributed by atoms with Crippen molar-refractivity contribution in [3.63, 3.8) is 0 Å². The predicted octanol–water partition coefficient (Wildman–Crippen LogP) is 5.84. The van der Waals surface area contributed by atoms with E-state index >= 15 is 0 Å². The van der Waals surface area contributed by atoms with Crippen LogP contribution in [0, 0.1) is 13.8 Å². The van der Waals surface area contributed by atoms with Crippen LogP contribution >= 0.6 is 0 Å². The maximum atomic E-state index is 5.05. The van der Waals surface area contributed by atoms with Crippen LogP contribution in [0.5, 0.6) is 0 Å². The van der Waals surface area contributed by atoms with Crippen LogP contribution in [0.4, 0.5) is 5.69 Å². The normalized spacial score (nSPS) is 16.0. The van der Waals surface area contributed by atoms with E-state index in [0.29, 0.717) is 0 Å². The summed E-state index contributed by atoms with van der Waals surface area (Å²) in [6, 6.07) is 27.3. The lowest BCUT2D eigenvalue weighted by Gasteiger charge is -2.23. The van der Waals surface area contributed by atoms with Gasteiger partial charge in [-0.2, -0.15) is 10.2 Å². The molecule has 30 heavy (non-hydrogen) atoms. The lowest BCUT2D eigenvalue weighted by molar-refractivity contribution is 0.708. The fraction of sp³-hybridized carbons (Fsp3) is 0.154. The third kappa shape index (κ3) is 3.41. The highest BCUT2D eigenvalue weighted by molar-refractivity contribution is 6.03. The molecule has 0 bridgehead atoms. The first-order valence-electron chi connectivity index (χ1n) is 10.3. The number of hydrazone groups is 1. The molecule has 1 aromatic heterocycles. The summed E-state index contributed by atoms with van der Waals surface area (Å²) < 4.78 is 1.94. The fourth-order valence-corrected chi connectivity index (χ4v) is 3.91. The fourth-order valence-electron chi connectivity index (χ4n) is 3.91. The molecule has 4 aromatic rings. The highest BCUT2D eigenvalue weighted by atomic mass is 15.5. The Bertz CT molecular complexity index is 1190. The van der Waals surface area contributed by atoms with Crippen LogP contribution < -0.4 is 5.01 Å². The van der Waals surface area contributed by atoms with E-state index in [1.165, 1.54) is 16.7 Å². The Kier molecular flexibility index (Phi) is 4.68. The van der Waals surface area contributed by atoms with Gasteiger partial charge >= 0.3 is 0 Å². The summed E-state index contributed by atoms with van der Waals surface area (Å²) >= 11 is 0. The molecule has 1 aliphatic rings. The molecule has 0 saturated heterocycles. The molecular weight excluding hydrogens is 368 g/mol. The Labute approximate surface area is 177 Å². The number of rotatable bonds is 4. The molecule has 0 fully saturated rings. The van der Waals surface area contributed by atoms with Gasteiger partial charge < -0.3 is 0 Å². The molecule has 0 N–H and O–H groups in total. The molecule has 2 heterocycles. The summed E-state index contributed by atoms with van der Waals surface area (Å²) in [6.07, 6.45) is 4.93. The third-order valence-corrected chi connectivity index (χ3v) is 5.78. The average molecular weight is 393 g/mol. The summed E-state index contributed by atoms with van der Waals surface area (Å²) in [4.78, 5) is 0. The molecule has 0 saturated carbocycles. The summed E-state index contributed by atoms with van der Waals surface area (Å²) in [7, 11) is 0. The lowest BCUT2D eigenvalue weighted by atomic mass is 10.00. The van der Waals surface area contributed by atoms with E-state index in [-0.39, 0.29) is 6.04 Å².